The summed E-state index contributed by atoms with van der Waals surface area (Å²) in [6.07, 6.45) is 1.37. The van der Waals surface area contributed by atoms with Gasteiger partial charge in [0.1, 0.15) is 11.4 Å². The summed E-state index contributed by atoms with van der Waals surface area (Å²) < 4.78 is 6.39. The quantitative estimate of drug-likeness (QED) is 0.252. The molecule has 35 heavy (non-hydrogen) atoms. The molecule has 5 rings (SSSR count). The van der Waals surface area contributed by atoms with Gasteiger partial charge in [0, 0.05) is 15.7 Å². The number of carboxylic acid groups (broad SMARTS) is 1. The number of nitrogens with one attached hydrogen (secondary N) is 2. The number of anilines is 2. The average molecular weight is 532 g/mol. The minimum Gasteiger partial charge on any atom is -0.481 e. The third-order valence-corrected chi connectivity index (χ3v) is 6.75. The first kappa shape index (κ1) is 22.9. The van der Waals surface area contributed by atoms with Crippen LogP contribution in [0.25, 0.3) is 22.5 Å². The number of rotatable bonds is 6. The number of aliphatic carboxylic acids is 1. The van der Waals surface area contributed by atoms with Crippen LogP contribution in [-0.2, 0) is 10.2 Å². The van der Waals surface area contributed by atoms with E-state index in [1.165, 1.54) is 0 Å². The van der Waals surface area contributed by atoms with Gasteiger partial charge in [-0.15, -0.1) is 0 Å². The number of carbonyl (C=O) groups excluding carboxylic acids is 1. The number of carboxylic acids is 1. The molecule has 0 unspecified atom stereocenters. The molecule has 1 aromatic heterocycles. The van der Waals surface area contributed by atoms with Gasteiger partial charge in [-0.1, -0.05) is 75.7 Å². The van der Waals surface area contributed by atoms with Crippen molar-refractivity contribution in [3.05, 3.63) is 88.5 Å². The normalized spacial score (nSPS) is 13.8. The molecule has 0 atom stereocenters. The predicted octanol–water partition coefficient (Wildman–Crippen LogP) is 6.84. The number of aromatic nitrogens is 1. The molecule has 0 bridgehead atoms. The highest BCUT2D eigenvalue weighted by molar-refractivity contribution is 9.10. The molecular formula is C27H22BrN3O4. The van der Waals surface area contributed by atoms with Crippen LogP contribution < -0.4 is 10.6 Å². The van der Waals surface area contributed by atoms with Gasteiger partial charge in [-0.25, -0.2) is 4.79 Å². The Hall–Kier alpha value is -3.91. The minimum absolute atomic E-state index is 0.401. The Kier molecular flexibility index (Phi) is 5.90. The number of carbonyl (C=O) groups is 2. The number of urea groups is 1. The summed E-state index contributed by atoms with van der Waals surface area (Å²) in [4.78, 5) is 24.1. The molecule has 1 fully saturated rings. The van der Waals surface area contributed by atoms with E-state index in [-0.39, 0.29) is 0 Å². The monoisotopic (exact) mass is 531 g/mol. The number of nitrogens with zero attached hydrogens (tertiary/aromatic N) is 1. The molecule has 0 spiro atoms. The van der Waals surface area contributed by atoms with E-state index < -0.39 is 17.4 Å². The van der Waals surface area contributed by atoms with Crippen LogP contribution in [0.2, 0.25) is 0 Å². The maximum Gasteiger partial charge on any atom is 0.323 e. The molecule has 0 saturated heterocycles. The van der Waals surface area contributed by atoms with E-state index in [2.05, 4.69) is 31.7 Å². The van der Waals surface area contributed by atoms with Crippen molar-refractivity contribution < 1.29 is 19.2 Å². The second kappa shape index (κ2) is 9.03. The zero-order chi connectivity index (χ0) is 24.6. The number of halogens is 1. The van der Waals surface area contributed by atoms with Gasteiger partial charge in [0.15, 0.2) is 5.76 Å². The molecule has 3 N–H and O–H groups in total. The summed E-state index contributed by atoms with van der Waals surface area (Å²) >= 11 is 3.39. The van der Waals surface area contributed by atoms with Gasteiger partial charge in [0.2, 0.25) is 0 Å². The van der Waals surface area contributed by atoms with Gasteiger partial charge in [0.05, 0.1) is 5.41 Å². The molecule has 0 aliphatic heterocycles. The second-order valence-corrected chi connectivity index (χ2v) is 9.52. The third kappa shape index (κ3) is 4.57. The van der Waals surface area contributed by atoms with E-state index in [0.717, 1.165) is 26.7 Å². The van der Waals surface area contributed by atoms with Crippen molar-refractivity contribution in [3.63, 3.8) is 0 Å². The lowest BCUT2D eigenvalue weighted by Crippen LogP contribution is -2.20. The summed E-state index contributed by atoms with van der Waals surface area (Å²) in [6, 6.07) is 22.3. The van der Waals surface area contributed by atoms with E-state index in [1.54, 1.807) is 19.1 Å². The predicted molar refractivity (Wildman–Crippen MR) is 137 cm³/mol. The van der Waals surface area contributed by atoms with Crippen molar-refractivity contribution >= 4 is 39.3 Å². The average Bonchev–Trinajstić information content (AvgIpc) is 3.59. The van der Waals surface area contributed by atoms with Crippen molar-refractivity contribution in [2.24, 2.45) is 0 Å². The highest BCUT2D eigenvalue weighted by Crippen LogP contribution is 2.48. The first-order chi connectivity index (χ1) is 16.9. The molecule has 1 saturated carbocycles. The zero-order valence-corrected chi connectivity index (χ0v) is 20.4. The van der Waals surface area contributed by atoms with Gasteiger partial charge in [0.25, 0.3) is 0 Å². The number of benzene rings is 3. The van der Waals surface area contributed by atoms with Gasteiger partial charge in [-0.2, -0.15) is 0 Å². The van der Waals surface area contributed by atoms with Crippen LogP contribution in [0.5, 0.6) is 0 Å². The molecule has 7 nitrogen and oxygen atoms in total. The molecule has 8 heteroatoms. The smallest absolute Gasteiger partial charge is 0.323 e. The SMILES string of the molecule is Cc1noc(-c2ccc(-c3ccc(C4(C(=O)O)CC4)cc3)cc2)c1NC(=O)Nc1cccc(Br)c1. The van der Waals surface area contributed by atoms with Crippen molar-refractivity contribution in [1.29, 1.82) is 0 Å². The van der Waals surface area contributed by atoms with E-state index in [9.17, 15) is 14.7 Å². The van der Waals surface area contributed by atoms with Crippen LogP contribution in [0.3, 0.4) is 0 Å². The fourth-order valence-corrected chi connectivity index (χ4v) is 4.50. The topological polar surface area (TPSA) is 104 Å². The molecule has 0 radical (unpaired) electrons. The Morgan fingerprint density at radius 2 is 1.57 bits per heavy atom. The lowest BCUT2D eigenvalue weighted by Gasteiger charge is -2.11. The maximum absolute atomic E-state index is 12.6. The zero-order valence-electron chi connectivity index (χ0n) is 18.8. The standard InChI is InChI=1S/C27H22BrN3O4/c1-16-23(30-26(34)29-22-4-2-3-21(28)15-22)24(35-31-16)19-7-5-17(6-8-19)18-9-11-20(12-10-18)27(13-14-27)25(32)33/h2-12,15H,13-14H2,1H3,(H,32,33)(H2,29,30,34). The van der Waals surface area contributed by atoms with E-state index in [1.807, 2.05) is 60.7 Å². The van der Waals surface area contributed by atoms with Gasteiger partial charge in [-0.05, 0) is 54.7 Å². The number of amides is 2. The van der Waals surface area contributed by atoms with E-state index in [0.29, 0.717) is 35.7 Å². The Morgan fingerprint density at radius 1 is 0.943 bits per heavy atom. The molecule has 1 aliphatic carbocycles. The van der Waals surface area contributed by atoms with Crippen LogP contribution in [0, 0.1) is 6.92 Å². The fourth-order valence-electron chi connectivity index (χ4n) is 4.10. The van der Waals surface area contributed by atoms with Crippen molar-refractivity contribution in [2.75, 3.05) is 10.6 Å². The summed E-state index contributed by atoms with van der Waals surface area (Å²) in [7, 11) is 0. The summed E-state index contributed by atoms with van der Waals surface area (Å²) in [6.45, 7) is 1.77. The Labute approximate surface area is 210 Å². The molecule has 176 valence electrons. The molecule has 1 heterocycles. The van der Waals surface area contributed by atoms with E-state index >= 15 is 0 Å². The molecular weight excluding hydrogens is 510 g/mol. The summed E-state index contributed by atoms with van der Waals surface area (Å²) in [5.74, 6) is -0.294. The number of hydrogen-bond donors (Lipinski definition) is 3. The molecule has 3 aromatic carbocycles. The number of aryl methyl sites for hydroxylation is 1. The van der Waals surface area contributed by atoms with Gasteiger partial charge < -0.3 is 20.3 Å². The second-order valence-electron chi connectivity index (χ2n) is 8.60. The highest BCUT2D eigenvalue weighted by atomic mass is 79.9. The summed E-state index contributed by atoms with van der Waals surface area (Å²) in [5, 5.41) is 19.2. The first-order valence-electron chi connectivity index (χ1n) is 11.1. The largest absolute Gasteiger partial charge is 0.481 e. The van der Waals surface area contributed by atoms with Crippen molar-refractivity contribution in [2.45, 2.75) is 25.2 Å². The van der Waals surface area contributed by atoms with E-state index in [4.69, 9.17) is 4.52 Å². The molecule has 2 amide bonds. The van der Waals surface area contributed by atoms with Crippen molar-refractivity contribution in [1.82, 2.24) is 5.16 Å². The van der Waals surface area contributed by atoms with Crippen LogP contribution in [0.1, 0.15) is 24.1 Å². The Bertz CT molecular complexity index is 1410. The lowest BCUT2D eigenvalue weighted by atomic mass is 9.93. The number of hydrogen-bond acceptors (Lipinski definition) is 4. The van der Waals surface area contributed by atoms with Crippen LogP contribution in [0.4, 0.5) is 16.2 Å². The van der Waals surface area contributed by atoms with Crippen molar-refractivity contribution in [3.8, 4) is 22.5 Å². The minimum atomic E-state index is -0.758. The van der Waals surface area contributed by atoms with Crippen LogP contribution >= 0.6 is 15.9 Å². The Balaban J connectivity index is 1.33. The molecule has 4 aromatic rings. The maximum atomic E-state index is 12.6. The Morgan fingerprint density at radius 3 is 2.17 bits per heavy atom. The lowest BCUT2D eigenvalue weighted by molar-refractivity contribution is -0.140. The summed E-state index contributed by atoms with van der Waals surface area (Å²) in [5.41, 5.74) is 4.60. The van der Waals surface area contributed by atoms with Crippen LogP contribution in [-0.4, -0.2) is 22.3 Å². The van der Waals surface area contributed by atoms with Gasteiger partial charge >= 0.3 is 12.0 Å². The fraction of sp³-hybridized carbons (Fsp3) is 0.148. The van der Waals surface area contributed by atoms with Crippen LogP contribution in [0.15, 0.2) is 81.8 Å². The van der Waals surface area contributed by atoms with Gasteiger partial charge in [-0.3, -0.25) is 4.79 Å². The highest BCUT2D eigenvalue weighted by Gasteiger charge is 2.51. The third-order valence-electron chi connectivity index (χ3n) is 6.26. The first-order valence-corrected chi connectivity index (χ1v) is 11.9. The molecule has 1 aliphatic rings.